The van der Waals surface area contributed by atoms with E-state index in [1.807, 2.05) is 6.92 Å². The largest absolute Gasteiger partial charge is 0.354 e. The van der Waals surface area contributed by atoms with E-state index in [1.165, 1.54) is 96.3 Å². The topological polar surface area (TPSA) is 87.3 Å². The normalized spacial score (nSPS) is 21.1. The monoisotopic (exact) mass is 467 g/mol. The Morgan fingerprint density at radius 3 is 1.12 bits per heavy atom. The molecule has 3 saturated carbocycles. The fourth-order valence-corrected chi connectivity index (χ4v) is 4.85. The molecule has 7 heteroatoms. The van der Waals surface area contributed by atoms with Crippen LogP contribution < -0.4 is 16.0 Å². The van der Waals surface area contributed by atoms with Crippen LogP contribution in [-0.4, -0.2) is 46.1 Å². The third-order valence-corrected chi connectivity index (χ3v) is 7.03. The van der Waals surface area contributed by atoms with E-state index in [1.54, 1.807) is 13.8 Å². The van der Waals surface area contributed by atoms with E-state index in [-0.39, 0.29) is 23.3 Å². The van der Waals surface area contributed by atoms with Crippen LogP contribution in [0.1, 0.15) is 117 Å². The van der Waals surface area contributed by atoms with Crippen LogP contribution in [0.4, 0.5) is 0 Å². The van der Waals surface area contributed by atoms with Crippen LogP contribution >= 0.6 is 0 Å². The van der Waals surface area contributed by atoms with E-state index in [9.17, 15) is 14.4 Å². The van der Waals surface area contributed by atoms with Gasteiger partial charge in [0.15, 0.2) is 0 Å². The molecule has 0 aromatic carbocycles. The second kappa shape index (κ2) is 17.1. The first-order valence-electron chi connectivity index (χ1n) is 13.1. The summed E-state index contributed by atoms with van der Waals surface area (Å²) in [6, 6.07) is 1.44. The van der Waals surface area contributed by atoms with Gasteiger partial charge < -0.3 is 16.0 Å². The minimum Gasteiger partial charge on any atom is -0.354 e. The van der Waals surface area contributed by atoms with Crippen molar-refractivity contribution in [1.29, 1.82) is 0 Å². The van der Waals surface area contributed by atoms with Gasteiger partial charge in [0.05, 0.1) is 0 Å². The fourth-order valence-electron chi connectivity index (χ4n) is 4.68. The van der Waals surface area contributed by atoms with Gasteiger partial charge in [0.1, 0.15) is 0 Å². The Labute approximate surface area is 199 Å². The van der Waals surface area contributed by atoms with Gasteiger partial charge in [0.25, 0.3) is 0 Å². The average Bonchev–Trinajstić information content (AvgIpc) is 2.76. The highest BCUT2D eigenvalue weighted by molar-refractivity contribution is 6.23. The molecule has 0 heterocycles. The Hall–Kier alpha value is -1.37. The van der Waals surface area contributed by atoms with Gasteiger partial charge in [-0.15, -0.1) is 0 Å². The van der Waals surface area contributed by atoms with E-state index < -0.39 is 0 Å². The molecule has 3 N–H and O–H groups in total. The summed E-state index contributed by atoms with van der Waals surface area (Å²) in [5.41, 5.74) is 0.270. The predicted molar refractivity (Wildman–Crippen MR) is 136 cm³/mol. The van der Waals surface area contributed by atoms with Crippen molar-refractivity contribution in [3.63, 3.8) is 0 Å². The van der Waals surface area contributed by atoms with Gasteiger partial charge in [-0.2, -0.15) is 0 Å². The third-order valence-electron chi connectivity index (χ3n) is 6.50. The molecule has 3 fully saturated rings. The minimum absolute atomic E-state index is 0.118. The van der Waals surface area contributed by atoms with Crippen molar-refractivity contribution in [2.45, 2.75) is 141 Å². The van der Waals surface area contributed by atoms with Gasteiger partial charge in [-0.05, 0) is 38.5 Å². The molecule has 3 rings (SSSR count). The summed E-state index contributed by atoms with van der Waals surface area (Å²) in [5, 5.41) is 9.00. The summed E-state index contributed by atoms with van der Waals surface area (Å²) in [7, 11) is 0.971. The molecule has 1 atom stereocenters. The summed E-state index contributed by atoms with van der Waals surface area (Å²) in [6.07, 6.45) is 18.9. The Morgan fingerprint density at radius 2 is 0.875 bits per heavy atom. The maximum Gasteiger partial charge on any atom is 0.219 e. The number of carbonyl (C=O) groups excluding carboxylic acids is 3. The van der Waals surface area contributed by atoms with Gasteiger partial charge in [-0.25, -0.2) is 0 Å². The number of amides is 3. The highest BCUT2D eigenvalue weighted by Crippen LogP contribution is 2.18. The number of nitrogens with one attached hydrogen (secondary N) is 3. The molecule has 0 bridgehead atoms. The lowest BCUT2D eigenvalue weighted by Gasteiger charge is -2.23. The van der Waals surface area contributed by atoms with Crippen molar-refractivity contribution in [3.05, 3.63) is 0 Å². The molecule has 32 heavy (non-hydrogen) atoms. The van der Waals surface area contributed by atoms with Crippen LogP contribution in [0.2, 0.25) is 5.54 Å². The second-order valence-electron chi connectivity index (χ2n) is 10.1. The van der Waals surface area contributed by atoms with Gasteiger partial charge >= 0.3 is 0 Å². The quantitative estimate of drug-likeness (QED) is 0.553. The maximum atomic E-state index is 11.3. The molecule has 3 amide bonds. The van der Waals surface area contributed by atoms with Gasteiger partial charge in [-0.1, -0.05) is 64.7 Å². The van der Waals surface area contributed by atoms with Crippen molar-refractivity contribution in [2.75, 3.05) is 0 Å². The smallest absolute Gasteiger partial charge is 0.219 e. The lowest BCUT2D eigenvalue weighted by molar-refractivity contribution is -0.122. The SMILES string of the molecule is CC(=O)NC1CCCCC1.CC(=O)NC1CCCCC1.CC([SiH3])C(=O)NC1CCCCC1. The van der Waals surface area contributed by atoms with Crippen molar-refractivity contribution in [1.82, 2.24) is 16.0 Å². The zero-order valence-corrected chi connectivity index (χ0v) is 23.1. The second-order valence-corrected chi connectivity index (χ2v) is 11.8. The van der Waals surface area contributed by atoms with Crippen molar-refractivity contribution in [3.8, 4) is 0 Å². The molecule has 1 unspecified atom stereocenters. The highest BCUT2D eigenvalue weighted by Gasteiger charge is 2.17. The summed E-state index contributed by atoms with van der Waals surface area (Å²) in [4.78, 5) is 32.5. The molecular formula is C25H49N3O3Si. The summed E-state index contributed by atoms with van der Waals surface area (Å²) < 4.78 is 0. The predicted octanol–water partition coefficient (Wildman–Crippen LogP) is 3.52. The Bertz CT molecular complexity index is 509. The molecule has 3 aliphatic rings. The first-order valence-corrected chi connectivity index (χ1v) is 14.3. The average molecular weight is 468 g/mol. The minimum atomic E-state index is 0.118. The van der Waals surface area contributed by atoms with Crippen LogP contribution in [0.5, 0.6) is 0 Å². The molecule has 0 radical (unpaired) electrons. The van der Waals surface area contributed by atoms with E-state index in [0.717, 1.165) is 10.2 Å². The Kier molecular flexibility index (Phi) is 15.4. The van der Waals surface area contributed by atoms with Crippen LogP contribution in [0.3, 0.4) is 0 Å². The molecule has 0 aliphatic heterocycles. The molecule has 0 spiro atoms. The van der Waals surface area contributed by atoms with E-state index >= 15 is 0 Å². The van der Waals surface area contributed by atoms with Crippen LogP contribution in [0.15, 0.2) is 0 Å². The molecule has 0 saturated heterocycles. The molecule has 3 aliphatic carbocycles. The van der Waals surface area contributed by atoms with Gasteiger partial charge in [0.2, 0.25) is 17.7 Å². The van der Waals surface area contributed by atoms with Gasteiger partial charge in [-0.3, -0.25) is 14.4 Å². The standard InChI is InChI=1S/C9H19NOSi.2C8H15NO/c1-7(12)9(11)10-8-5-3-2-4-6-8;2*1-7(10)9-8-5-3-2-4-6-8/h7-8H,2-6H2,1,12H3,(H,10,11);2*8H,2-6H2,1H3,(H,9,10). The summed E-state index contributed by atoms with van der Waals surface area (Å²) in [6.45, 7) is 5.19. The van der Waals surface area contributed by atoms with E-state index in [0.29, 0.717) is 18.1 Å². The lowest BCUT2D eigenvalue weighted by Crippen LogP contribution is -2.37. The van der Waals surface area contributed by atoms with Crippen LogP contribution in [0.25, 0.3) is 0 Å². The molecular weight excluding hydrogens is 418 g/mol. The van der Waals surface area contributed by atoms with Gasteiger partial charge in [0, 0.05) is 47.8 Å². The lowest BCUT2D eigenvalue weighted by atomic mass is 9.95. The van der Waals surface area contributed by atoms with Crippen LogP contribution in [0, 0.1) is 0 Å². The number of carbonyl (C=O) groups is 3. The zero-order chi connectivity index (χ0) is 23.8. The molecule has 186 valence electrons. The summed E-state index contributed by atoms with van der Waals surface area (Å²) >= 11 is 0. The highest BCUT2D eigenvalue weighted by atomic mass is 28.1. The Balaban J connectivity index is 0.000000241. The first-order chi connectivity index (χ1) is 15.3. The number of hydrogen-bond acceptors (Lipinski definition) is 3. The number of rotatable bonds is 4. The van der Waals surface area contributed by atoms with E-state index in [2.05, 4.69) is 16.0 Å². The van der Waals surface area contributed by atoms with Crippen molar-refractivity contribution < 1.29 is 14.4 Å². The zero-order valence-electron chi connectivity index (χ0n) is 21.1. The fraction of sp³-hybridized carbons (Fsp3) is 0.880. The van der Waals surface area contributed by atoms with E-state index in [4.69, 9.17) is 0 Å². The first kappa shape index (κ1) is 28.7. The molecule has 0 aromatic heterocycles. The molecule has 6 nitrogen and oxygen atoms in total. The summed E-state index contributed by atoms with van der Waals surface area (Å²) in [5.74, 6) is 0.507. The Morgan fingerprint density at radius 1 is 0.594 bits per heavy atom. The number of hydrogen-bond donors (Lipinski definition) is 3. The van der Waals surface area contributed by atoms with Crippen molar-refractivity contribution in [2.24, 2.45) is 0 Å². The third kappa shape index (κ3) is 14.6. The van der Waals surface area contributed by atoms with Crippen molar-refractivity contribution >= 4 is 28.0 Å². The maximum absolute atomic E-state index is 11.3. The molecule has 0 aromatic rings. The van der Waals surface area contributed by atoms with Crippen LogP contribution in [-0.2, 0) is 14.4 Å².